The van der Waals surface area contributed by atoms with Crippen LogP contribution in [0.25, 0.3) is 20.9 Å². The van der Waals surface area contributed by atoms with E-state index >= 15 is 0 Å². The molecule has 0 saturated heterocycles. The van der Waals surface area contributed by atoms with Gasteiger partial charge in [0.05, 0.1) is 5.02 Å². The van der Waals surface area contributed by atoms with Crippen molar-refractivity contribution < 1.29 is 4.42 Å². The Balaban J connectivity index is 1.66. The van der Waals surface area contributed by atoms with E-state index in [1.54, 1.807) is 12.1 Å². The number of fused-ring (bicyclic) bond motifs is 1. The molecule has 0 amide bonds. The third kappa shape index (κ3) is 2.79. The fourth-order valence-corrected chi connectivity index (χ4v) is 3.73. The van der Waals surface area contributed by atoms with Crippen LogP contribution in [0, 0.1) is 0 Å². The lowest BCUT2D eigenvalue weighted by atomic mass is 10.2. The van der Waals surface area contributed by atoms with Crippen molar-refractivity contribution in [1.82, 2.24) is 10.2 Å². The first kappa shape index (κ1) is 14.5. The van der Waals surface area contributed by atoms with Crippen LogP contribution in [0.4, 0.5) is 11.7 Å². The van der Waals surface area contributed by atoms with E-state index in [0.29, 0.717) is 22.0 Å². The maximum Gasteiger partial charge on any atom is 0.320 e. The van der Waals surface area contributed by atoms with E-state index in [-0.39, 0.29) is 0 Å². The van der Waals surface area contributed by atoms with Crippen molar-refractivity contribution in [3.63, 3.8) is 0 Å². The zero-order valence-corrected chi connectivity index (χ0v) is 13.9. The zero-order chi connectivity index (χ0) is 15.8. The van der Waals surface area contributed by atoms with Gasteiger partial charge in [0.1, 0.15) is 4.88 Å². The first-order valence-corrected chi connectivity index (χ1v) is 8.31. The number of anilines is 2. The summed E-state index contributed by atoms with van der Waals surface area (Å²) < 4.78 is 6.76. The van der Waals surface area contributed by atoms with E-state index in [4.69, 9.17) is 27.6 Å². The number of nitrogens with one attached hydrogen (secondary N) is 1. The molecule has 0 aliphatic heterocycles. The summed E-state index contributed by atoms with van der Waals surface area (Å²) in [5, 5.41) is 13.4. The molecule has 23 heavy (non-hydrogen) atoms. The Bertz CT molecular complexity index is 979. The summed E-state index contributed by atoms with van der Waals surface area (Å²) in [7, 11) is 0. The minimum Gasteiger partial charge on any atom is -0.402 e. The van der Waals surface area contributed by atoms with Crippen LogP contribution < -0.4 is 5.32 Å². The highest BCUT2D eigenvalue weighted by Crippen LogP contribution is 2.41. The quantitative estimate of drug-likeness (QED) is 0.485. The molecule has 7 heteroatoms. The number of hydrogen-bond acceptors (Lipinski definition) is 5. The van der Waals surface area contributed by atoms with Crippen LogP contribution in [0.1, 0.15) is 0 Å². The lowest BCUT2D eigenvalue weighted by Crippen LogP contribution is -1.89. The van der Waals surface area contributed by atoms with Crippen LogP contribution >= 0.6 is 34.5 Å². The summed E-state index contributed by atoms with van der Waals surface area (Å²) in [6.07, 6.45) is 0. The third-order valence-corrected chi connectivity index (χ3v) is 5.17. The standard InChI is InChI=1S/C16H9Cl2N3OS/c17-9-5-7-10(8-6-9)19-16-21-20-15(22-16)14-13(18)11-3-1-2-4-12(11)23-14/h1-8H,(H,19,21). The van der Waals surface area contributed by atoms with Gasteiger partial charge in [-0.05, 0) is 30.3 Å². The topological polar surface area (TPSA) is 51.0 Å². The molecule has 2 aromatic carbocycles. The molecule has 0 aliphatic rings. The Morgan fingerprint density at radius 3 is 2.52 bits per heavy atom. The molecule has 0 aliphatic carbocycles. The molecule has 4 rings (SSSR count). The molecule has 2 aromatic heterocycles. The molecular formula is C16H9Cl2N3OS. The largest absolute Gasteiger partial charge is 0.402 e. The van der Waals surface area contributed by atoms with Crippen LogP contribution in [0.15, 0.2) is 52.9 Å². The van der Waals surface area contributed by atoms with Gasteiger partial charge in [-0.15, -0.1) is 16.4 Å². The highest BCUT2D eigenvalue weighted by Gasteiger charge is 2.17. The van der Waals surface area contributed by atoms with Crippen molar-refractivity contribution >= 4 is 56.3 Å². The second-order valence-corrected chi connectivity index (χ2v) is 6.65. The molecule has 4 nitrogen and oxygen atoms in total. The zero-order valence-electron chi connectivity index (χ0n) is 11.6. The molecule has 0 saturated carbocycles. The Kier molecular flexibility index (Phi) is 3.69. The monoisotopic (exact) mass is 361 g/mol. The third-order valence-electron chi connectivity index (χ3n) is 3.25. The molecule has 2 heterocycles. The smallest absolute Gasteiger partial charge is 0.320 e. The van der Waals surface area contributed by atoms with Gasteiger partial charge < -0.3 is 9.73 Å². The lowest BCUT2D eigenvalue weighted by molar-refractivity contribution is 0.589. The number of benzene rings is 2. The van der Waals surface area contributed by atoms with Crippen LogP contribution in [-0.4, -0.2) is 10.2 Å². The fraction of sp³-hybridized carbons (Fsp3) is 0. The minimum absolute atomic E-state index is 0.302. The first-order chi connectivity index (χ1) is 11.2. The predicted octanol–water partition coefficient (Wildman–Crippen LogP) is 6.00. The highest BCUT2D eigenvalue weighted by atomic mass is 35.5. The summed E-state index contributed by atoms with van der Waals surface area (Å²) in [6.45, 7) is 0. The fourth-order valence-electron chi connectivity index (χ4n) is 2.17. The van der Waals surface area contributed by atoms with Gasteiger partial charge >= 0.3 is 6.01 Å². The Hall–Kier alpha value is -2.08. The molecule has 0 atom stereocenters. The summed E-state index contributed by atoms with van der Waals surface area (Å²) in [5.74, 6) is 0.396. The molecule has 114 valence electrons. The predicted molar refractivity (Wildman–Crippen MR) is 94.9 cm³/mol. The Morgan fingerprint density at radius 1 is 0.957 bits per heavy atom. The lowest BCUT2D eigenvalue weighted by Gasteiger charge is -2.00. The summed E-state index contributed by atoms with van der Waals surface area (Å²) in [6, 6.07) is 15.4. The SMILES string of the molecule is Clc1ccc(Nc2nnc(-c3sc4ccccc4c3Cl)o2)cc1. The highest BCUT2D eigenvalue weighted by molar-refractivity contribution is 7.23. The molecule has 1 N–H and O–H groups in total. The van der Waals surface area contributed by atoms with Gasteiger partial charge in [-0.2, -0.15) is 0 Å². The van der Waals surface area contributed by atoms with Gasteiger partial charge in [0.2, 0.25) is 0 Å². The molecule has 0 radical (unpaired) electrons. The molecule has 0 fully saturated rings. The molecule has 0 spiro atoms. The molecule has 0 unspecified atom stereocenters. The summed E-state index contributed by atoms with van der Waals surface area (Å²) in [4.78, 5) is 0.768. The van der Waals surface area contributed by atoms with Gasteiger partial charge in [0.25, 0.3) is 5.89 Å². The van der Waals surface area contributed by atoms with Gasteiger partial charge in [0.15, 0.2) is 0 Å². The van der Waals surface area contributed by atoms with Crippen molar-refractivity contribution in [2.75, 3.05) is 5.32 Å². The van der Waals surface area contributed by atoms with E-state index in [1.165, 1.54) is 11.3 Å². The number of nitrogens with zero attached hydrogens (tertiary/aromatic N) is 2. The van der Waals surface area contributed by atoms with Crippen molar-refractivity contribution in [1.29, 1.82) is 0 Å². The molecular weight excluding hydrogens is 353 g/mol. The number of hydrogen-bond donors (Lipinski definition) is 1. The normalized spacial score (nSPS) is 11.0. The van der Waals surface area contributed by atoms with Crippen LogP contribution in [0.2, 0.25) is 10.0 Å². The first-order valence-electron chi connectivity index (χ1n) is 6.74. The second-order valence-electron chi connectivity index (χ2n) is 4.79. The minimum atomic E-state index is 0.302. The Morgan fingerprint density at radius 2 is 1.74 bits per heavy atom. The van der Waals surface area contributed by atoms with E-state index in [9.17, 15) is 0 Å². The maximum absolute atomic E-state index is 6.43. The number of thiophene rings is 1. The van der Waals surface area contributed by atoms with E-state index < -0.39 is 0 Å². The molecule has 0 bridgehead atoms. The van der Waals surface area contributed by atoms with Crippen LogP contribution in [0.5, 0.6) is 0 Å². The summed E-state index contributed by atoms with van der Waals surface area (Å²) >= 11 is 13.8. The van der Waals surface area contributed by atoms with Crippen molar-refractivity contribution in [2.45, 2.75) is 0 Å². The Labute approximate surface area is 145 Å². The summed E-state index contributed by atoms with van der Waals surface area (Å²) in [5.41, 5.74) is 0.812. The van der Waals surface area contributed by atoms with Gasteiger partial charge in [-0.3, -0.25) is 0 Å². The van der Waals surface area contributed by atoms with Crippen molar-refractivity contribution in [3.8, 4) is 10.8 Å². The average Bonchev–Trinajstić information content (AvgIpc) is 3.15. The second kappa shape index (κ2) is 5.85. The van der Waals surface area contributed by atoms with Crippen LogP contribution in [-0.2, 0) is 0 Å². The van der Waals surface area contributed by atoms with Crippen molar-refractivity contribution in [3.05, 3.63) is 58.6 Å². The maximum atomic E-state index is 6.43. The number of aromatic nitrogens is 2. The van der Waals surface area contributed by atoms with Crippen molar-refractivity contribution in [2.24, 2.45) is 0 Å². The average molecular weight is 362 g/mol. The van der Waals surface area contributed by atoms with Crippen LogP contribution in [0.3, 0.4) is 0 Å². The van der Waals surface area contributed by atoms with E-state index in [2.05, 4.69) is 15.5 Å². The number of rotatable bonds is 3. The van der Waals surface area contributed by atoms with E-state index in [1.807, 2.05) is 36.4 Å². The van der Waals surface area contributed by atoms with Gasteiger partial charge in [0, 0.05) is 20.8 Å². The van der Waals surface area contributed by atoms with Gasteiger partial charge in [-0.25, -0.2) is 0 Å². The van der Waals surface area contributed by atoms with Gasteiger partial charge in [-0.1, -0.05) is 46.5 Å². The van der Waals surface area contributed by atoms with E-state index in [0.717, 1.165) is 20.7 Å². The number of halogens is 2. The molecule has 4 aromatic rings.